The van der Waals surface area contributed by atoms with Crippen LogP contribution in [0.3, 0.4) is 0 Å². The lowest BCUT2D eigenvalue weighted by Gasteiger charge is -2.26. The van der Waals surface area contributed by atoms with Crippen molar-refractivity contribution in [2.24, 2.45) is 11.7 Å². The maximum Gasteiger partial charge on any atom is 0.257 e. The first-order valence-corrected chi connectivity index (χ1v) is 7.93. The van der Waals surface area contributed by atoms with Gasteiger partial charge < -0.3 is 10.3 Å². The third-order valence-electron chi connectivity index (χ3n) is 4.60. The van der Waals surface area contributed by atoms with Crippen molar-refractivity contribution >= 4 is 0 Å². The van der Waals surface area contributed by atoms with Gasteiger partial charge in [-0.25, -0.2) is 0 Å². The van der Waals surface area contributed by atoms with Gasteiger partial charge in [-0.15, -0.1) is 0 Å². The van der Waals surface area contributed by atoms with E-state index in [1.807, 2.05) is 24.3 Å². The van der Waals surface area contributed by atoms with Crippen molar-refractivity contribution in [1.82, 2.24) is 10.1 Å². The Hall–Kier alpha value is -1.68. The lowest BCUT2D eigenvalue weighted by molar-refractivity contribution is 0.300. The number of aromatic nitrogens is 2. The highest BCUT2D eigenvalue weighted by Gasteiger charge is 2.26. The fourth-order valence-electron chi connectivity index (χ4n) is 3.20. The van der Waals surface area contributed by atoms with E-state index in [0.717, 1.165) is 22.9 Å². The first-order chi connectivity index (χ1) is 10.3. The maximum atomic E-state index is 5.61. The highest BCUT2D eigenvalue weighted by atomic mass is 16.5. The van der Waals surface area contributed by atoms with Gasteiger partial charge in [-0.2, -0.15) is 4.98 Å². The highest BCUT2D eigenvalue weighted by molar-refractivity contribution is 5.53. The molecule has 4 nitrogen and oxygen atoms in total. The van der Waals surface area contributed by atoms with Crippen LogP contribution in [0, 0.1) is 5.92 Å². The van der Waals surface area contributed by atoms with E-state index in [-0.39, 0.29) is 0 Å². The Balaban J connectivity index is 1.76. The van der Waals surface area contributed by atoms with Crippen molar-refractivity contribution in [3.05, 3.63) is 35.7 Å². The van der Waals surface area contributed by atoms with Gasteiger partial charge in [0.1, 0.15) is 0 Å². The van der Waals surface area contributed by atoms with E-state index in [0.29, 0.717) is 18.4 Å². The molecule has 112 valence electrons. The summed E-state index contributed by atoms with van der Waals surface area (Å²) in [6.07, 6.45) is 6.25. The third kappa shape index (κ3) is 3.16. The Morgan fingerprint density at radius 1 is 1.24 bits per heavy atom. The van der Waals surface area contributed by atoms with Crippen molar-refractivity contribution in [2.75, 3.05) is 0 Å². The topological polar surface area (TPSA) is 64.9 Å². The molecule has 1 aliphatic carbocycles. The van der Waals surface area contributed by atoms with Gasteiger partial charge in [-0.05, 0) is 36.5 Å². The van der Waals surface area contributed by atoms with Crippen molar-refractivity contribution in [3.8, 4) is 11.5 Å². The lowest BCUT2D eigenvalue weighted by Crippen LogP contribution is -2.14. The summed E-state index contributed by atoms with van der Waals surface area (Å²) in [6, 6.07) is 8.00. The molecule has 0 aliphatic heterocycles. The molecule has 2 atom stereocenters. The largest absolute Gasteiger partial charge is 0.334 e. The van der Waals surface area contributed by atoms with Crippen molar-refractivity contribution in [1.29, 1.82) is 0 Å². The van der Waals surface area contributed by atoms with Crippen LogP contribution in [0.4, 0.5) is 0 Å². The van der Waals surface area contributed by atoms with Gasteiger partial charge in [0.15, 0.2) is 5.82 Å². The van der Waals surface area contributed by atoms with Crippen LogP contribution in [0.15, 0.2) is 28.8 Å². The summed E-state index contributed by atoms with van der Waals surface area (Å²) in [5.41, 5.74) is 7.69. The minimum absolute atomic E-state index is 0.463. The van der Waals surface area contributed by atoms with Crippen molar-refractivity contribution in [3.63, 3.8) is 0 Å². The molecule has 0 bridgehead atoms. The third-order valence-corrected chi connectivity index (χ3v) is 4.60. The summed E-state index contributed by atoms with van der Waals surface area (Å²) < 4.78 is 5.45. The molecule has 1 aliphatic rings. The molecule has 0 saturated heterocycles. The fraction of sp³-hybridized carbons (Fsp3) is 0.529. The molecule has 3 rings (SSSR count). The highest BCUT2D eigenvalue weighted by Crippen LogP contribution is 2.36. The van der Waals surface area contributed by atoms with Gasteiger partial charge in [0.2, 0.25) is 0 Å². The molecular weight excluding hydrogens is 262 g/mol. The minimum Gasteiger partial charge on any atom is -0.334 e. The molecule has 2 N–H and O–H groups in total. The van der Waals surface area contributed by atoms with E-state index in [9.17, 15) is 0 Å². The van der Waals surface area contributed by atoms with E-state index >= 15 is 0 Å². The predicted molar refractivity (Wildman–Crippen MR) is 82.6 cm³/mol. The number of nitrogens with zero attached hydrogens (tertiary/aromatic N) is 2. The predicted octanol–water partition coefficient (Wildman–Crippen LogP) is 3.88. The van der Waals surface area contributed by atoms with Crippen molar-refractivity contribution in [2.45, 2.75) is 51.5 Å². The molecular formula is C17H23N3O. The number of rotatable bonds is 4. The second-order valence-electron chi connectivity index (χ2n) is 6.00. The molecule has 4 heteroatoms. The monoisotopic (exact) mass is 285 g/mol. The number of nitrogens with two attached hydrogens (primary N) is 1. The van der Waals surface area contributed by atoms with E-state index in [1.165, 1.54) is 32.1 Å². The van der Waals surface area contributed by atoms with Crippen molar-refractivity contribution < 1.29 is 4.52 Å². The van der Waals surface area contributed by atoms with Crippen LogP contribution in [-0.4, -0.2) is 10.1 Å². The van der Waals surface area contributed by atoms with Crippen LogP contribution < -0.4 is 5.73 Å². The maximum absolute atomic E-state index is 5.61. The standard InChI is InChI=1S/C17H23N3O/c1-2-12-4-3-5-15(10-12)16-19-17(21-20-16)14-8-6-13(11-18)7-9-14/h6-9,12,15H,2-5,10-11,18H2,1H3. The number of hydrogen-bond donors (Lipinski definition) is 1. The van der Waals surface area contributed by atoms with Gasteiger partial charge in [-0.1, -0.05) is 43.5 Å². The Labute approximate surface area is 125 Å². The smallest absolute Gasteiger partial charge is 0.257 e. The summed E-state index contributed by atoms with van der Waals surface area (Å²) >= 11 is 0. The SMILES string of the molecule is CCC1CCCC(c2noc(-c3ccc(CN)cc3)n2)C1. The molecule has 1 heterocycles. The Morgan fingerprint density at radius 2 is 2.05 bits per heavy atom. The molecule has 1 aromatic carbocycles. The summed E-state index contributed by atoms with van der Waals surface area (Å²) in [7, 11) is 0. The van der Waals surface area contributed by atoms with E-state index in [2.05, 4.69) is 17.1 Å². The second-order valence-corrected chi connectivity index (χ2v) is 6.00. The van der Waals surface area contributed by atoms with E-state index in [1.54, 1.807) is 0 Å². The Bertz CT molecular complexity index is 576. The Kier molecular flexibility index (Phi) is 4.34. The molecule has 21 heavy (non-hydrogen) atoms. The van der Waals surface area contributed by atoms with Crippen LogP contribution in [0.2, 0.25) is 0 Å². The van der Waals surface area contributed by atoms with Gasteiger partial charge >= 0.3 is 0 Å². The van der Waals surface area contributed by atoms with Gasteiger partial charge in [0.25, 0.3) is 5.89 Å². The van der Waals surface area contributed by atoms with Crippen LogP contribution in [-0.2, 0) is 6.54 Å². The van der Waals surface area contributed by atoms with Crippen LogP contribution in [0.1, 0.15) is 56.3 Å². The molecule has 2 unspecified atom stereocenters. The van der Waals surface area contributed by atoms with Gasteiger partial charge in [-0.3, -0.25) is 0 Å². The normalized spacial score (nSPS) is 22.4. The fourth-order valence-corrected chi connectivity index (χ4v) is 3.20. The average Bonchev–Trinajstić information content (AvgIpc) is 3.05. The van der Waals surface area contributed by atoms with Crippen LogP contribution in [0.5, 0.6) is 0 Å². The van der Waals surface area contributed by atoms with E-state index < -0.39 is 0 Å². The molecule has 2 aromatic rings. The number of benzene rings is 1. The second kappa shape index (κ2) is 6.39. The zero-order valence-corrected chi connectivity index (χ0v) is 12.6. The number of hydrogen-bond acceptors (Lipinski definition) is 4. The minimum atomic E-state index is 0.463. The zero-order chi connectivity index (χ0) is 14.7. The van der Waals surface area contributed by atoms with Crippen LogP contribution in [0.25, 0.3) is 11.5 Å². The quantitative estimate of drug-likeness (QED) is 0.925. The molecule has 1 aromatic heterocycles. The molecule has 0 radical (unpaired) electrons. The molecule has 0 amide bonds. The Morgan fingerprint density at radius 3 is 2.76 bits per heavy atom. The first kappa shape index (κ1) is 14.3. The lowest BCUT2D eigenvalue weighted by atomic mass is 9.80. The molecule has 1 fully saturated rings. The summed E-state index contributed by atoms with van der Waals surface area (Å²) in [5.74, 6) is 2.78. The van der Waals surface area contributed by atoms with Gasteiger partial charge in [0, 0.05) is 18.0 Å². The summed E-state index contributed by atoms with van der Waals surface area (Å²) in [5, 5.41) is 4.22. The van der Waals surface area contributed by atoms with Gasteiger partial charge in [0.05, 0.1) is 0 Å². The summed E-state index contributed by atoms with van der Waals surface area (Å²) in [4.78, 5) is 4.62. The van der Waals surface area contributed by atoms with Crippen LogP contribution >= 0.6 is 0 Å². The zero-order valence-electron chi connectivity index (χ0n) is 12.6. The average molecular weight is 285 g/mol. The molecule has 1 saturated carbocycles. The molecule has 0 spiro atoms. The first-order valence-electron chi connectivity index (χ1n) is 7.93. The summed E-state index contributed by atoms with van der Waals surface area (Å²) in [6.45, 7) is 2.82. The van der Waals surface area contributed by atoms with E-state index in [4.69, 9.17) is 10.3 Å².